The number of rotatable bonds is 8. The van der Waals surface area contributed by atoms with E-state index in [0.29, 0.717) is 22.9 Å². The van der Waals surface area contributed by atoms with E-state index in [1.807, 2.05) is 0 Å². The van der Waals surface area contributed by atoms with Crippen LogP contribution in [0.4, 0.5) is 21.0 Å². The van der Waals surface area contributed by atoms with Crippen molar-refractivity contribution in [1.82, 2.24) is 21.7 Å². The highest BCUT2D eigenvalue weighted by molar-refractivity contribution is 5.92. The molecular weight excluding hydrogens is 432 g/mol. The van der Waals surface area contributed by atoms with Gasteiger partial charge in [0.15, 0.2) is 0 Å². The number of benzene rings is 2. The molecule has 2 aromatic rings. The van der Waals surface area contributed by atoms with E-state index in [4.69, 9.17) is 9.47 Å². The fourth-order valence-corrected chi connectivity index (χ4v) is 2.46. The fourth-order valence-electron chi connectivity index (χ4n) is 2.46. The molecule has 6 N–H and O–H groups in total. The molecule has 176 valence electrons. The van der Waals surface area contributed by atoms with Gasteiger partial charge >= 0.3 is 12.1 Å². The van der Waals surface area contributed by atoms with E-state index in [-0.39, 0.29) is 19.3 Å². The molecule has 33 heavy (non-hydrogen) atoms. The van der Waals surface area contributed by atoms with Crippen LogP contribution in [-0.4, -0.2) is 38.1 Å². The summed E-state index contributed by atoms with van der Waals surface area (Å²) in [5, 5.41) is 5.07. The highest BCUT2D eigenvalue weighted by Gasteiger charge is 2.08. The number of ether oxygens (including phenoxy) is 2. The molecule has 0 aliphatic carbocycles. The lowest BCUT2D eigenvalue weighted by atomic mass is 10.2. The Kier molecular flexibility index (Phi) is 9.80. The summed E-state index contributed by atoms with van der Waals surface area (Å²) in [7, 11) is 3.07. The molecule has 0 fully saturated rings. The fraction of sp³-hybridized carbons (Fsp3) is 0.238. The lowest BCUT2D eigenvalue weighted by Crippen LogP contribution is -2.44. The molecule has 0 spiro atoms. The van der Waals surface area contributed by atoms with Crippen LogP contribution < -0.4 is 41.8 Å². The maximum Gasteiger partial charge on any atom is 0.337 e. The van der Waals surface area contributed by atoms with Gasteiger partial charge < -0.3 is 20.1 Å². The van der Waals surface area contributed by atoms with E-state index >= 15 is 0 Å². The summed E-state index contributed by atoms with van der Waals surface area (Å²) in [6, 6.07) is 12.0. The topological polar surface area (TPSA) is 159 Å². The Bertz CT molecular complexity index is 871. The number of methoxy groups -OCH3 is 2. The molecule has 0 radical (unpaired) electrons. The SMILES string of the molecule is COc1ccc(NC(=O)NNC(=O)CCCC(=O)NNC(=O)Nc2ccc(OC)cc2)cc1. The summed E-state index contributed by atoms with van der Waals surface area (Å²) >= 11 is 0. The molecule has 0 aliphatic rings. The predicted octanol–water partition coefficient (Wildman–Crippen LogP) is 1.88. The van der Waals surface area contributed by atoms with Gasteiger partial charge in [-0.25, -0.2) is 20.4 Å². The quantitative estimate of drug-likeness (QED) is 0.331. The number of hydrogen-bond donors (Lipinski definition) is 6. The van der Waals surface area contributed by atoms with E-state index in [1.165, 1.54) is 14.2 Å². The molecular formula is C21H26N6O6. The number of carbonyl (C=O) groups is 4. The van der Waals surface area contributed by atoms with Crippen molar-refractivity contribution >= 4 is 35.3 Å². The third-order valence-corrected chi connectivity index (χ3v) is 4.13. The molecule has 0 unspecified atom stereocenters. The van der Waals surface area contributed by atoms with Crippen molar-refractivity contribution in [3.8, 4) is 11.5 Å². The first-order chi connectivity index (χ1) is 15.9. The second kappa shape index (κ2) is 13.0. The van der Waals surface area contributed by atoms with Crippen LogP contribution in [0.1, 0.15) is 19.3 Å². The summed E-state index contributed by atoms with van der Waals surface area (Å²) in [5.74, 6) is 0.341. The molecule has 0 aromatic heterocycles. The van der Waals surface area contributed by atoms with Crippen LogP contribution in [0.15, 0.2) is 48.5 Å². The Morgan fingerprint density at radius 2 is 0.970 bits per heavy atom. The number of hydrazine groups is 2. The number of urea groups is 2. The molecule has 12 nitrogen and oxygen atoms in total. The molecule has 0 heterocycles. The van der Waals surface area contributed by atoms with Crippen LogP contribution in [0.2, 0.25) is 0 Å². The standard InChI is InChI=1S/C21H26N6O6/c1-32-16-10-6-14(7-11-16)22-20(30)26-24-18(28)4-3-5-19(29)25-27-21(31)23-15-8-12-17(33-2)13-9-15/h6-13H,3-5H2,1-2H3,(H,24,28)(H,25,29)(H2,22,26,30)(H2,23,27,31). The van der Waals surface area contributed by atoms with Gasteiger partial charge in [-0.05, 0) is 55.0 Å². The molecule has 0 saturated carbocycles. The summed E-state index contributed by atoms with van der Waals surface area (Å²) in [5.41, 5.74) is 9.94. The summed E-state index contributed by atoms with van der Waals surface area (Å²) in [6.07, 6.45) is 0.198. The van der Waals surface area contributed by atoms with Gasteiger partial charge in [-0.15, -0.1) is 0 Å². The number of carbonyl (C=O) groups excluding carboxylic acids is 4. The van der Waals surface area contributed by atoms with Crippen LogP contribution in [0.5, 0.6) is 11.5 Å². The molecule has 6 amide bonds. The number of amides is 6. The zero-order chi connectivity index (χ0) is 24.1. The minimum absolute atomic E-state index is 0.00567. The Hall–Kier alpha value is -4.48. The molecule has 2 rings (SSSR count). The summed E-state index contributed by atoms with van der Waals surface area (Å²) < 4.78 is 10.0. The van der Waals surface area contributed by atoms with Crippen molar-refractivity contribution in [2.75, 3.05) is 24.9 Å². The largest absolute Gasteiger partial charge is 0.497 e. The van der Waals surface area contributed by atoms with Gasteiger partial charge in [0.05, 0.1) is 14.2 Å². The van der Waals surface area contributed by atoms with E-state index in [2.05, 4.69) is 32.3 Å². The number of anilines is 2. The molecule has 0 atom stereocenters. The maximum atomic E-state index is 11.8. The van der Waals surface area contributed by atoms with Gasteiger partial charge in [0.2, 0.25) is 11.8 Å². The number of hydrogen-bond acceptors (Lipinski definition) is 6. The zero-order valence-electron chi connectivity index (χ0n) is 18.2. The molecule has 0 aliphatic heterocycles. The van der Waals surface area contributed by atoms with Crippen molar-refractivity contribution < 1.29 is 28.7 Å². The Morgan fingerprint density at radius 3 is 1.30 bits per heavy atom. The average Bonchev–Trinajstić information content (AvgIpc) is 2.82. The predicted molar refractivity (Wildman–Crippen MR) is 120 cm³/mol. The van der Waals surface area contributed by atoms with Crippen molar-refractivity contribution in [3.63, 3.8) is 0 Å². The average molecular weight is 458 g/mol. The van der Waals surface area contributed by atoms with Crippen LogP contribution >= 0.6 is 0 Å². The normalized spacial score (nSPS) is 9.76. The second-order valence-electron chi connectivity index (χ2n) is 6.57. The minimum Gasteiger partial charge on any atom is -0.497 e. The van der Waals surface area contributed by atoms with E-state index in [9.17, 15) is 19.2 Å². The lowest BCUT2D eigenvalue weighted by molar-refractivity contribution is -0.123. The van der Waals surface area contributed by atoms with E-state index in [1.54, 1.807) is 48.5 Å². The first-order valence-corrected chi connectivity index (χ1v) is 9.89. The van der Waals surface area contributed by atoms with Gasteiger partial charge in [-0.2, -0.15) is 0 Å². The smallest absolute Gasteiger partial charge is 0.337 e. The molecule has 0 saturated heterocycles. The van der Waals surface area contributed by atoms with Crippen molar-refractivity contribution in [2.45, 2.75) is 19.3 Å². The van der Waals surface area contributed by atoms with Crippen molar-refractivity contribution in [3.05, 3.63) is 48.5 Å². The molecule has 2 aromatic carbocycles. The third kappa shape index (κ3) is 9.46. The first kappa shape index (κ1) is 24.8. The minimum atomic E-state index is -0.627. The van der Waals surface area contributed by atoms with Gasteiger partial charge in [0.1, 0.15) is 11.5 Å². The van der Waals surface area contributed by atoms with Gasteiger partial charge in [-0.1, -0.05) is 0 Å². The van der Waals surface area contributed by atoms with Crippen LogP contribution in [0, 0.1) is 0 Å². The van der Waals surface area contributed by atoms with Gasteiger partial charge in [0, 0.05) is 24.2 Å². The Balaban J connectivity index is 1.56. The first-order valence-electron chi connectivity index (χ1n) is 9.89. The van der Waals surface area contributed by atoms with Crippen molar-refractivity contribution in [2.24, 2.45) is 0 Å². The second-order valence-corrected chi connectivity index (χ2v) is 6.57. The summed E-state index contributed by atoms with van der Waals surface area (Å²) in [6.45, 7) is 0. The van der Waals surface area contributed by atoms with Crippen LogP contribution in [0.25, 0.3) is 0 Å². The summed E-state index contributed by atoms with van der Waals surface area (Å²) in [4.78, 5) is 47.1. The monoisotopic (exact) mass is 458 g/mol. The van der Waals surface area contributed by atoms with E-state index < -0.39 is 23.9 Å². The lowest BCUT2D eigenvalue weighted by Gasteiger charge is -2.10. The molecule has 12 heteroatoms. The maximum absolute atomic E-state index is 11.8. The number of nitrogens with one attached hydrogen (secondary N) is 6. The van der Waals surface area contributed by atoms with Crippen LogP contribution in [0.3, 0.4) is 0 Å². The third-order valence-electron chi connectivity index (χ3n) is 4.13. The van der Waals surface area contributed by atoms with E-state index in [0.717, 1.165) is 0 Å². The Labute approximate surface area is 190 Å². The van der Waals surface area contributed by atoms with Gasteiger partial charge in [0.25, 0.3) is 0 Å². The highest BCUT2D eigenvalue weighted by Crippen LogP contribution is 2.15. The highest BCUT2D eigenvalue weighted by atomic mass is 16.5. The Morgan fingerprint density at radius 1 is 0.606 bits per heavy atom. The molecule has 0 bridgehead atoms. The van der Waals surface area contributed by atoms with Crippen molar-refractivity contribution in [1.29, 1.82) is 0 Å². The van der Waals surface area contributed by atoms with Gasteiger partial charge in [-0.3, -0.25) is 20.4 Å². The zero-order valence-corrected chi connectivity index (χ0v) is 18.2. The van der Waals surface area contributed by atoms with Crippen LogP contribution in [-0.2, 0) is 9.59 Å².